The van der Waals surface area contributed by atoms with E-state index in [1.165, 1.54) is 12.8 Å². The molecular weight excluding hydrogens is 403 g/mol. The molecule has 0 bridgehead atoms. The molecular formula is C15H20ClIN2O2. The molecule has 0 radical (unpaired) electrons. The fourth-order valence-corrected chi connectivity index (χ4v) is 3.07. The number of carbonyl (C=O) groups is 1. The van der Waals surface area contributed by atoms with Gasteiger partial charge in [-0.1, -0.05) is 11.6 Å². The van der Waals surface area contributed by atoms with Crippen molar-refractivity contribution in [3.63, 3.8) is 0 Å². The summed E-state index contributed by atoms with van der Waals surface area (Å²) >= 11 is 8.26. The minimum absolute atomic E-state index is 0.0515. The smallest absolute Gasteiger partial charge is 0.257 e. The lowest BCUT2D eigenvalue weighted by Crippen LogP contribution is -2.35. The van der Waals surface area contributed by atoms with Crippen LogP contribution >= 0.6 is 34.2 Å². The summed E-state index contributed by atoms with van der Waals surface area (Å²) in [6.07, 6.45) is 2.52. The van der Waals surface area contributed by atoms with Crippen LogP contribution in [0.5, 0.6) is 5.75 Å². The zero-order valence-corrected chi connectivity index (χ0v) is 15.3. The van der Waals surface area contributed by atoms with Crippen molar-refractivity contribution >= 4 is 40.1 Å². The molecule has 1 aliphatic rings. The van der Waals surface area contributed by atoms with Crippen LogP contribution in [-0.2, 0) is 0 Å². The Bertz CT molecular complexity index is 519. The van der Waals surface area contributed by atoms with Crippen molar-refractivity contribution < 1.29 is 9.53 Å². The lowest BCUT2D eigenvalue weighted by molar-refractivity contribution is 0.0779. The molecule has 0 aliphatic carbocycles. The number of carbonyl (C=O) groups excluding carboxylic acids is 1. The van der Waals surface area contributed by atoms with Gasteiger partial charge in [-0.15, -0.1) is 0 Å². The number of rotatable bonds is 5. The number of halogens is 2. The average Bonchev–Trinajstić information content (AvgIpc) is 2.99. The molecule has 1 aromatic carbocycles. The Hall–Kier alpha value is -0.530. The third-order valence-corrected chi connectivity index (χ3v) is 5.29. The van der Waals surface area contributed by atoms with Gasteiger partial charge in [0, 0.05) is 23.7 Å². The summed E-state index contributed by atoms with van der Waals surface area (Å²) in [7, 11) is 3.39. The second-order valence-corrected chi connectivity index (χ2v) is 6.81. The van der Waals surface area contributed by atoms with E-state index in [0.29, 0.717) is 22.9 Å². The van der Waals surface area contributed by atoms with Crippen LogP contribution in [0.3, 0.4) is 0 Å². The minimum atomic E-state index is -0.0515. The molecule has 0 unspecified atom stereocenters. The summed E-state index contributed by atoms with van der Waals surface area (Å²) < 4.78 is 6.19. The molecule has 1 fully saturated rings. The van der Waals surface area contributed by atoms with Gasteiger partial charge in [-0.05, 0) is 60.7 Å². The van der Waals surface area contributed by atoms with Gasteiger partial charge in [-0.2, -0.15) is 0 Å². The molecule has 2 rings (SSSR count). The summed E-state index contributed by atoms with van der Waals surface area (Å²) in [5.74, 6) is 0.520. The van der Waals surface area contributed by atoms with Crippen LogP contribution in [-0.4, -0.2) is 56.0 Å². The summed E-state index contributed by atoms with van der Waals surface area (Å²) in [5.41, 5.74) is 0.520. The van der Waals surface area contributed by atoms with E-state index in [4.69, 9.17) is 16.3 Å². The molecule has 0 spiro atoms. The van der Waals surface area contributed by atoms with E-state index < -0.39 is 0 Å². The van der Waals surface area contributed by atoms with E-state index in [9.17, 15) is 4.79 Å². The second-order valence-electron chi connectivity index (χ2n) is 5.24. The first-order valence-electron chi connectivity index (χ1n) is 7.03. The first-order chi connectivity index (χ1) is 10.0. The molecule has 4 nitrogen and oxygen atoms in total. The van der Waals surface area contributed by atoms with Crippen LogP contribution in [0.15, 0.2) is 12.1 Å². The SMILES string of the molecule is COc1cc(I)c(Cl)cc1C(=O)N(C)CCN1CCCC1. The fraction of sp³-hybridized carbons (Fsp3) is 0.533. The van der Waals surface area contributed by atoms with Crippen LogP contribution in [0.1, 0.15) is 23.2 Å². The van der Waals surface area contributed by atoms with Crippen molar-refractivity contribution in [3.8, 4) is 5.75 Å². The van der Waals surface area contributed by atoms with Crippen LogP contribution in [0.4, 0.5) is 0 Å². The highest BCUT2D eigenvalue weighted by Gasteiger charge is 2.20. The van der Waals surface area contributed by atoms with Crippen molar-refractivity contribution in [1.29, 1.82) is 0 Å². The maximum atomic E-state index is 12.6. The third kappa shape index (κ3) is 4.23. The van der Waals surface area contributed by atoms with Gasteiger partial charge in [-0.3, -0.25) is 4.79 Å². The van der Waals surface area contributed by atoms with Crippen molar-refractivity contribution in [1.82, 2.24) is 9.80 Å². The number of methoxy groups -OCH3 is 1. The number of amides is 1. The molecule has 0 saturated carbocycles. The van der Waals surface area contributed by atoms with Gasteiger partial charge < -0.3 is 14.5 Å². The molecule has 6 heteroatoms. The van der Waals surface area contributed by atoms with Crippen molar-refractivity contribution in [2.24, 2.45) is 0 Å². The minimum Gasteiger partial charge on any atom is -0.496 e. The van der Waals surface area contributed by atoms with Crippen LogP contribution in [0.25, 0.3) is 0 Å². The molecule has 1 aromatic rings. The van der Waals surface area contributed by atoms with E-state index in [0.717, 1.165) is 23.2 Å². The van der Waals surface area contributed by atoms with Crippen molar-refractivity contribution in [2.75, 3.05) is 40.3 Å². The van der Waals surface area contributed by atoms with Gasteiger partial charge in [-0.25, -0.2) is 0 Å². The molecule has 0 aromatic heterocycles. The Balaban J connectivity index is 2.05. The van der Waals surface area contributed by atoms with Gasteiger partial charge in [0.25, 0.3) is 5.91 Å². The van der Waals surface area contributed by atoms with Crippen molar-refractivity contribution in [2.45, 2.75) is 12.8 Å². The number of nitrogens with zero attached hydrogens (tertiary/aromatic N) is 2. The number of hydrogen-bond donors (Lipinski definition) is 0. The Labute approximate surface area is 144 Å². The number of hydrogen-bond acceptors (Lipinski definition) is 3. The summed E-state index contributed by atoms with van der Waals surface area (Å²) in [5, 5.41) is 0.577. The van der Waals surface area contributed by atoms with Crippen LogP contribution < -0.4 is 4.74 Å². The Morgan fingerprint density at radius 1 is 1.43 bits per heavy atom. The first-order valence-corrected chi connectivity index (χ1v) is 8.49. The van der Waals surface area contributed by atoms with Crippen LogP contribution in [0.2, 0.25) is 5.02 Å². The summed E-state index contributed by atoms with van der Waals surface area (Å²) in [6.45, 7) is 3.91. The maximum Gasteiger partial charge on any atom is 0.257 e. The predicted octanol–water partition coefficient (Wildman–Crippen LogP) is 3.12. The number of benzene rings is 1. The second kappa shape index (κ2) is 7.65. The number of likely N-dealkylation sites (N-methyl/N-ethyl adjacent to an activating group) is 1. The standard InChI is InChI=1S/C15H20ClIN2O2/c1-18(7-8-19-5-3-4-6-19)15(20)11-9-12(16)13(17)10-14(11)21-2/h9-10H,3-8H2,1-2H3. The van der Waals surface area contributed by atoms with Gasteiger partial charge in [0.2, 0.25) is 0 Å². The Morgan fingerprint density at radius 3 is 2.71 bits per heavy atom. The Kier molecular flexibility index (Phi) is 6.13. The monoisotopic (exact) mass is 422 g/mol. The molecule has 116 valence electrons. The highest BCUT2D eigenvalue weighted by atomic mass is 127. The average molecular weight is 423 g/mol. The van der Waals surface area contributed by atoms with E-state index in [-0.39, 0.29) is 5.91 Å². The lowest BCUT2D eigenvalue weighted by Gasteiger charge is -2.22. The zero-order chi connectivity index (χ0) is 15.4. The first kappa shape index (κ1) is 16.8. The number of likely N-dealkylation sites (tertiary alicyclic amines) is 1. The molecule has 1 saturated heterocycles. The third-order valence-electron chi connectivity index (χ3n) is 3.77. The quantitative estimate of drug-likeness (QED) is 0.684. The van der Waals surface area contributed by atoms with E-state index in [1.807, 2.05) is 7.05 Å². The largest absolute Gasteiger partial charge is 0.496 e. The fourth-order valence-electron chi connectivity index (χ4n) is 2.47. The number of ether oxygens (including phenoxy) is 1. The van der Waals surface area contributed by atoms with E-state index >= 15 is 0 Å². The van der Waals surface area contributed by atoms with E-state index in [1.54, 1.807) is 24.1 Å². The summed E-state index contributed by atoms with van der Waals surface area (Å²) in [6, 6.07) is 3.49. The van der Waals surface area contributed by atoms with Crippen molar-refractivity contribution in [3.05, 3.63) is 26.3 Å². The van der Waals surface area contributed by atoms with E-state index in [2.05, 4.69) is 27.5 Å². The molecule has 1 amide bonds. The normalized spacial score (nSPS) is 15.2. The van der Waals surface area contributed by atoms with Gasteiger partial charge in [0.1, 0.15) is 5.75 Å². The Morgan fingerprint density at radius 2 is 2.10 bits per heavy atom. The molecule has 1 heterocycles. The highest BCUT2D eigenvalue weighted by Crippen LogP contribution is 2.29. The molecule has 0 atom stereocenters. The zero-order valence-electron chi connectivity index (χ0n) is 12.4. The highest BCUT2D eigenvalue weighted by molar-refractivity contribution is 14.1. The molecule has 1 aliphatic heterocycles. The molecule has 21 heavy (non-hydrogen) atoms. The van der Waals surface area contributed by atoms with Crippen LogP contribution in [0, 0.1) is 3.57 Å². The van der Waals surface area contributed by atoms with Gasteiger partial charge >= 0.3 is 0 Å². The predicted molar refractivity (Wildman–Crippen MR) is 93.4 cm³/mol. The molecule has 0 N–H and O–H groups in total. The lowest BCUT2D eigenvalue weighted by atomic mass is 10.1. The topological polar surface area (TPSA) is 32.8 Å². The van der Waals surface area contributed by atoms with Gasteiger partial charge in [0.05, 0.1) is 17.7 Å². The summed E-state index contributed by atoms with van der Waals surface area (Å²) in [4.78, 5) is 16.7. The maximum absolute atomic E-state index is 12.6. The van der Waals surface area contributed by atoms with Gasteiger partial charge in [0.15, 0.2) is 0 Å².